The summed E-state index contributed by atoms with van der Waals surface area (Å²) in [4.78, 5) is 11.9. The first-order valence-electron chi connectivity index (χ1n) is 5.73. The molecule has 1 amide bonds. The molecule has 88 valence electrons. The van der Waals surface area contributed by atoms with Gasteiger partial charge < -0.3 is 5.32 Å². The van der Waals surface area contributed by atoms with Crippen molar-refractivity contribution in [2.75, 3.05) is 11.5 Å². The molecule has 2 fully saturated rings. The summed E-state index contributed by atoms with van der Waals surface area (Å²) in [6, 6.07) is 2.26. The second-order valence-electron chi connectivity index (χ2n) is 4.64. The van der Waals surface area contributed by atoms with Crippen molar-refractivity contribution in [3.8, 4) is 6.07 Å². The summed E-state index contributed by atoms with van der Waals surface area (Å²) in [6.07, 6.45) is 3.90. The molecule has 0 unspecified atom stereocenters. The van der Waals surface area contributed by atoms with E-state index in [0.29, 0.717) is 24.3 Å². The maximum Gasteiger partial charge on any atom is 0.240 e. The van der Waals surface area contributed by atoms with Crippen molar-refractivity contribution < 1.29 is 9.00 Å². The molecule has 1 heterocycles. The smallest absolute Gasteiger partial charge is 0.240 e. The molecule has 0 bridgehead atoms. The van der Waals surface area contributed by atoms with Crippen molar-refractivity contribution in [1.29, 1.82) is 5.26 Å². The van der Waals surface area contributed by atoms with E-state index in [1.165, 1.54) is 0 Å². The Morgan fingerprint density at radius 2 is 2.00 bits per heavy atom. The maximum atomic E-state index is 11.9. The SMILES string of the molecule is N#CC1(C(=O)NC2CCS(=O)CC2)CCC1. The summed E-state index contributed by atoms with van der Waals surface area (Å²) < 4.78 is 11.2. The van der Waals surface area contributed by atoms with Gasteiger partial charge >= 0.3 is 0 Å². The minimum atomic E-state index is -0.753. The number of nitrogens with one attached hydrogen (secondary N) is 1. The molecule has 2 rings (SSSR count). The van der Waals surface area contributed by atoms with E-state index < -0.39 is 16.2 Å². The van der Waals surface area contributed by atoms with Crippen molar-refractivity contribution >= 4 is 16.7 Å². The molecule has 0 atom stereocenters. The summed E-state index contributed by atoms with van der Waals surface area (Å²) in [7, 11) is -0.703. The molecule has 1 aliphatic carbocycles. The quantitative estimate of drug-likeness (QED) is 0.772. The zero-order valence-electron chi connectivity index (χ0n) is 9.20. The van der Waals surface area contributed by atoms with Crippen molar-refractivity contribution in [3.05, 3.63) is 0 Å². The lowest BCUT2D eigenvalue weighted by atomic mass is 9.69. The predicted molar refractivity (Wildman–Crippen MR) is 60.9 cm³/mol. The average Bonchev–Trinajstić information content (AvgIpc) is 2.21. The Bertz CT molecular complexity index is 347. The van der Waals surface area contributed by atoms with E-state index in [4.69, 9.17) is 5.26 Å². The van der Waals surface area contributed by atoms with Crippen LogP contribution in [0, 0.1) is 16.7 Å². The molecule has 16 heavy (non-hydrogen) atoms. The van der Waals surface area contributed by atoms with Crippen LogP contribution in [0.1, 0.15) is 32.1 Å². The van der Waals surface area contributed by atoms with Gasteiger partial charge in [0.25, 0.3) is 0 Å². The molecule has 5 heteroatoms. The largest absolute Gasteiger partial charge is 0.352 e. The summed E-state index contributed by atoms with van der Waals surface area (Å²) >= 11 is 0. The monoisotopic (exact) mass is 240 g/mol. The van der Waals surface area contributed by atoms with Crippen molar-refractivity contribution in [1.82, 2.24) is 5.32 Å². The molecule has 1 saturated carbocycles. The fraction of sp³-hybridized carbons (Fsp3) is 0.818. The Kier molecular flexibility index (Phi) is 3.29. The van der Waals surface area contributed by atoms with Gasteiger partial charge in [-0.05, 0) is 32.1 Å². The normalized spacial score (nSPS) is 32.2. The van der Waals surface area contributed by atoms with E-state index in [2.05, 4.69) is 11.4 Å². The maximum absolute atomic E-state index is 11.9. The molecule has 4 nitrogen and oxygen atoms in total. The minimum Gasteiger partial charge on any atom is -0.352 e. The first-order chi connectivity index (χ1) is 7.66. The van der Waals surface area contributed by atoms with E-state index >= 15 is 0 Å². The van der Waals surface area contributed by atoms with Gasteiger partial charge in [-0.25, -0.2) is 0 Å². The Balaban J connectivity index is 1.88. The summed E-state index contributed by atoms with van der Waals surface area (Å²) in [6.45, 7) is 0. The molecular weight excluding hydrogens is 224 g/mol. The van der Waals surface area contributed by atoms with E-state index in [-0.39, 0.29) is 11.9 Å². The number of amides is 1. The van der Waals surface area contributed by atoms with Gasteiger partial charge in [0.2, 0.25) is 5.91 Å². The lowest BCUT2D eigenvalue weighted by Crippen LogP contribution is -2.49. The highest BCUT2D eigenvalue weighted by atomic mass is 32.2. The second kappa shape index (κ2) is 4.54. The first-order valence-corrected chi connectivity index (χ1v) is 7.22. The topological polar surface area (TPSA) is 70.0 Å². The number of nitriles is 1. The van der Waals surface area contributed by atoms with Crippen molar-refractivity contribution in [2.24, 2.45) is 5.41 Å². The summed E-state index contributed by atoms with van der Waals surface area (Å²) in [5.41, 5.74) is -0.753. The average molecular weight is 240 g/mol. The highest BCUT2D eigenvalue weighted by Crippen LogP contribution is 2.40. The highest BCUT2D eigenvalue weighted by molar-refractivity contribution is 7.85. The molecule has 0 aromatic heterocycles. The fourth-order valence-electron chi connectivity index (χ4n) is 2.18. The third-order valence-corrected chi connectivity index (χ3v) is 4.96. The number of carbonyl (C=O) groups excluding carboxylic acids is 1. The van der Waals surface area contributed by atoms with Gasteiger partial charge in [0, 0.05) is 28.3 Å². The van der Waals surface area contributed by atoms with E-state index in [1.807, 2.05) is 0 Å². The number of hydrogen-bond acceptors (Lipinski definition) is 3. The lowest BCUT2D eigenvalue weighted by Gasteiger charge is -2.35. The molecule has 0 aromatic carbocycles. The molecule has 0 spiro atoms. The van der Waals surface area contributed by atoms with Gasteiger partial charge in [-0.1, -0.05) is 0 Å². The standard InChI is InChI=1S/C11H16N2O2S/c12-8-11(4-1-5-11)10(14)13-9-2-6-16(15)7-3-9/h9H,1-7H2,(H,13,14). The molecule has 1 saturated heterocycles. The third kappa shape index (κ3) is 2.12. The van der Waals surface area contributed by atoms with Crippen LogP contribution in [0.25, 0.3) is 0 Å². The first kappa shape index (κ1) is 11.6. The molecule has 1 aliphatic heterocycles. The van der Waals surface area contributed by atoms with Gasteiger partial charge in [-0.2, -0.15) is 5.26 Å². The molecule has 2 aliphatic rings. The lowest BCUT2D eigenvalue weighted by molar-refractivity contribution is -0.132. The van der Waals surface area contributed by atoms with Crippen molar-refractivity contribution in [2.45, 2.75) is 38.1 Å². The van der Waals surface area contributed by atoms with Crippen LogP contribution in [0.5, 0.6) is 0 Å². The molecular formula is C11H16N2O2S. The van der Waals surface area contributed by atoms with Crippen molar-refractivity contribution in [3.63, 3.8) is 0 Å². The van der Waals surface area contributed by atoms with Crippen LogP contribution in [0.15, 0.2) is 0 Å². The Morgan fingerprint density at radius 3 is 2.44 bits per heavy atom. The zero-order chi connectivity index (χ0) is 11.6. The Morgan fingerprint density at radius 1 is 1.38 bits per heavy atom. The fourth-order valence-corrected chi connectivity index (χ4v) is 3.48. The van der Waals surface area contributed by atoms with Gasteiger partial charge in [-0.15, -0.1) is 0 Å². The van der Waals surface area contributed by atoms with Gasteiger partial charge in [0.05, 0.1) is 6.07 Å². The Hall–Kier alpha value is -0.890. The number of nitrogens with zero attached hydrogens (tertiary/aromatic N) is 1. The van der Waals surface area contributed by atoms with Gasteiger partial charge in [0.15, 0.2) is 0 Å². The van der Waals surface area contributed by atoms with Gasteiger partial charge in [0.1, 0.15) is 5.41 Å². The molecule has 0 aromatic rings. The highest BCUT2D eigenvalue weighted by Gasteiger charge is 2.45. The number of rotatable bonds is 2. The van der Waals surface area contributed by atoms with E-state index in [9.17, 15) is 9.00 Å². The van der Waals surface area contributed by atoms with Crippen LogP contribution >= 0.6 is 0 Å². The Labute approximate surface area is 97.9 Å². The predicted octanol–water partition coefficient (Wildman–Crippen LogP) is 0.708. The van der Waals surface area contributed by atoms with Crippen LogP contribution < -0.4 is 5.32 Å². The van der Waals surface area contributed by atoms with Crippen LogP contribution in [0.3, 0.4) is 0 Å². The van der Waals surface area contributed by atoms with Crippen LogP contribution in [-0.4, -0.2) is 27.7 Å². The zero-order valence-corrected chi connectivity index (χ0v) is 10.0. The van der Waals surface area contributed by atoms with Crippen LogP contribution in [-0.2, 0) is 15.6 Å². The summed E-state index contributed by atoms with van der Waals surface area (Å²) in [5.74, 6) is 1.23. The third-order valence-electron chi connectivity index (χ3n) is 3.58. The minimum absolute atomic E-state index is 0.112. The molecule has 1 N–H and O–H groups in total. The second-order valence-corrected chi connectivity index (χ2v) is 6.34. The van der Waals surface area contributed by atoms with E-state index in [1.54, 1.807) is 0 Å². The van der Waals surface area contributed by atoms with Crippen LogP contribution in [0.2, 0.25) is 0 Å². The van der Waals surface area contributed by atoms with Gasteiger partial charge in [-0.3, -0.25) is 9.00 Å². The summed E-state index contributed by atoms with van der Waals surface area (Å²) in [5, 5.41) is 12.0. The molecule has 0 radical (unpaired) electrons. The van der Waals surface area contributed by atoms with E-state index in [0.717, 1.165) is 19.3 Å². The number of hydrogen-bond donors (Lipinski definition) is 1. The van der Waals surface area contributed by atoms with Crippen LogP contribution in [0.4, 0.5) is 0 Å². The number of carbonyl (C=O) groups is 1.